The highest BCUT2D eigenvalue weighted by Gasteiger charge is 2.56. The van der Waals surface area contributed by atoms with E-state index < -0.39 is 109 Å². The van der Waals surface area contributed by atoms with Crippen LogP contribution >= 0.6 is 0 Å². The average Bonchev–Trinajstić information content (AvgIpc) is 3.68. The van der Waals surface area contributed by atoms with Gasteiger partial charge in [0.05, 0.1) is 41.6 Å². The molecule has 17 nitrogen and oxygen atoms in total. The Morgan fingerprint density at radius 3 is 1.79 bits per heavy atom. The summed E-state index contributed by atoms with van der Waals surface area (Å²) in [5.41, 5.74) is 1.96. The Morgan fingerprint density at radius 2 is 1.27 bits per heavy atom. The smallest absolute Gasteiger partial charge is 0.311 e. The third-order valence-electron chi connectivity index (χ3n) is 9.97. The molecule has 2 aromatic carbocycles. The fourth-order valence-corrected chi connectivity index (χ4v) is 6.26. The van der Waals surface area contributed by atoms with Crippen molar-refractivity contribution in [2.75, 3.05) is 27.4 Å². The number of hydrogen-bond acceptors (Lipinski definition) is 15. The Hall–Kier alpha value is -5.84. The Bertz CT molecular complexity index is 2320. The number of nitrogens with two attached hydrogens (primary N) is 1. The number of amides is 1. The Morgan fingerprint density at radius 1 is 0.742 bits per heavy atom. The van der Waals surface area contributed by atoms with Crippen molar-refractivity contribution in [2.45, 2.75) is 140 Å². The first kappa shape index (κ1) is 46.7. The van der Waals surface area contributed by atoms with Crippen molar-refractivity contribution in [3.8, 4) is 34.4 Å². The molecule has 4 rings (SSSR count). The second-order valence-electron chi connectivity index (χ2n) is 19.2. The number of methoxy groups -OCH3 is 2. The number of esters is 4. The summed E-state index contributed by atoms with van der Waals surface area (Å²) in [6.45, 7) is 12.9. The minimum Gasteiger partial charge on any atom is -0.497 e. The van der Waals surface area contributed by atoms with E-state index in [0.29, 0.717) is 39.6 Å². The number of hydrogen-bond donors (Lipinski definition) is 1. The van der Waals surface area contributed by atoms with Gasteiger partial charge in [0.15, 0.2) is 18.8 Å². The van der Waals surface area contributed by atoms with Crippen LogP contribution < -0.4 is 24.7 Å². The quantitative estimate of drug-likeness (QED) is 0.111. The van der Waals surface area contributed by atoms with Crippen molar-refractivity contribution in [1.82, 2.24) is 9.78 Å². The molecule has 66 heavy (non-hydrogen) atoms. The minimum atomic E-state index is -1.81. The van der Waals surface area contributed by atoms with Crippen LogP contribution in [0.15, 0.2) is 42.5 Å². The van der Waals surface area contributed by atoms with Crippen LogP contribution in [0.3, 0.4) is 0 Å². The number of rotatable bonds is 16. The molecule has 2 heterocycles. The Kier molecular flexibility index (Phi) is 14.7. The number of ether oxygens (including phenoxy) is 9. The average molecular weight is 928 g/mol. The topological polar surface area (TPSA) is 212 Å². The molecule has 1 aliphatic rings. The largest absolute Gasteiger partial charge is 0.497 e. The monoisotopic (exact) mass is 928 g/mol. The third-order valence-corrected chi connectivity index (χ3v) is 9.97. The van der Waals surface area contributed by atoms with Gasteiger partial charge in [-0.05, 0) is 133 Å². The summed E-state index contributed by atoms with van der Waals surface area (Å²) in [5, 5.41) is 4.96. The predicted molar refractivity (Wildman–Crippen MR) is 243 cm³/mol. The van der Waals surface area contributed by atoms with Crippen molar-refractivity contribution in [1.29, 1.82) is 0 Å². The molecule has 5 atom stereocenters. The zero-order chi connectivity index (χ0) is 52.5. The highest BCUT2D eigenvalue weighted by Crippen LogP contribution is 2.41. The maximum atomic E-state index is 14.2. The van der Waals surface area contributed by atoms with E-state index in [2.05, 4.69) is 0 Å². The van der Waals surface area contributed by atoms with Gasteiger partial charge in [0.25, 0.3) is 5.91 Å². The molecule has 1 fully saturated rings. The molecule has 2 N–H and O–H groups in total. The molecule has 0 bridgehead atoms. The molecule has 1 unspecified atom stereocenters. The molecule has 0 aliphatic carbocycles. The van der Waals surface area contributed by atoms with Gasteiger partial charge < -0.3 is 48.4 Å². The summed E-state index contributed by atoms with van der Waals surface area (Å²) in [4.78, 5) is 67.3. The number of carbonyl (C=O) groups excluding carboxylic acids is 5. The Labute approximate surface area is 393 Å². The molecular weight excluding hydrogens is 855 g/mol. The van der Waals surface area contributed by atoms with E-state index in [1.807, 2.05) is 26.0 Å². The molecule has 1 amide bonds. The lowest BCUT2D eigenvalue weighted by molar-refractivity contribution is -0.294. The van der Waals surface area contributed by atoms with Crippen molar-refractivity contribution < 1.29 is 72.1 Å². The molecule has 17 heteroatoms. The van der Waals surface area contributed by atoms with Crippen molar-refractivity contribution >= 4 is 29.8 Å². The standard InChI is InChI=1S/C49H69N3O14/c1-27(2)52-36(28-17-20-30(58-15)21-18-28)32(23-29-19-22-31(24-33(29)59-16)60-26-35(50)53)40(51-52)66-41-39(65-45(57)49(12,13)14)38(64-44(56)48(9,10)11)37(63-43(55)47(6,7)8)34(62-41)25-61-42(54)46(3,4)5/h17-22,24,27,34,37-39,41H,23,25-26H2,1-16H3,(H2,50,53)/t34-,37-,38+,39-,41?/m1/s1/i3D,6D,9D,12D. The van der Waals surface area contributed by atoms with Crippen LogP contribution in [0.1, 0.15) is 119 Å². The van der Waals surface area contributed by atoms with Crippen LogP contribution in [-0.4, -0.2) is 97.7 Å². The molecule has 3 aromatic rings. The number of primary amides is 1. The molecule has 364 valence electrons. The molecule has 1 aliphatic heterocycles. The summed E-state index contributed by atoms with van der Waals surface area (Å²) in [5.74, 6) is -3.16. The maximum absolute atomic E-state index is 14.2. The molecule has 0 radical (unpaired) electrons. The van der Waals surface area contributed by atoms with E-state index in [9.17, 15) is 24.0 Å². The first-order valence-corrected chi connectivity index (χ1v) is 21.3. The fraction of sp³-hybridized carbons (Fsp3) is 0.592. The Balaban J connectivity index is 2.07. The van der Waals surface area contributed by atoms with Crippen molar-refractivity contribution in [3.05, 3.63) is 53.6 Å². The fourth-order valence-electron chi connectivity index (χ4n) is 6.26. The van der Waals surface area contributed by atoms with E-state index in [4.69, 9.17) is 58.9 Å². The SMILES string of the molecule is [2H]CC(C)(C)C(=O)OC[C@H]1OC(Oc2nn(C(C)C)c(-c3ccc(OC)cc3)c2Cc2ccc(OCC(N)=O)cc2OC)[C@H](OC(=O)C(C)(C)C[2H])[C@@H](OC(=O)C(C)(C)C[2H])[C@@H]1OC(=O)C(C)(C)C[2H]. The van der Waals surface area contributed by atoms with E-state index in [-0.39, 0.29) is 31.8 Å². The second kappa shape index (κ2) is 20.8. The summed E-state index contributed by atoms with van der Waals surface area (Å²) in [6, 6.07) is 11.8. The summed E-state index contributed by atoms with van der Waals surface area (Å²) in [6.07, 6.45) is -8.62. The van der Waals surface area contributed by atoms with Gasteiger partial charge in [-0.1, -0.05) is 6.07 Å². The maximum Gasteiger partial charge on any atom is 0.311 e. The highest BCUT2D eigenvalue weighted by atomic mass is 16.7. The van der Waals surface area contributed by atoms with Gasteiger partial charge in [-0.25, -0.2) is 0 Å². The lowest BCUT2D eigenvalue weighted by Crippen LogP contribution is -2.65. The van der Waals surface area contributed by atoms with E-state index in [1.54, 1.807) is 35.0 Å². The van der Waals surface area contributed by atoms with Gasteiger partial charge in [-0.2, -0.15) is 0 Å². The number of aromatic nitrogens is 2. The third kappa shape index (κ3) is 13.4. The second-order valence-corrected chi connectivity index (χ2v) is 19.2. The summed E-state index contributed by atoms with van der Waals surface area (Å²) in [7, 11) is 3.00. The van der Waals surface area contributed by atoms with Crippen LogP contribution in [0.25, 0.3) is 11.3 Å². The van der Waals surface area contributed by atoms with Crippen LogP contribution in [-0.2, 0) is 54.1 Å². The summed E-state index contributed by atoms with van der Waals surface area (Å²) >= 11 is 0. The van der Waals surface area contributed by atoms with Gasteiger partial charge >= 0.3 is 23.9 Å². The number of carbonyl (C=O) groups is 5. The van der Waals surface area contributed by atoms with Crippen LogP contribution in [0.2, 0.25) is 0 Å². The lowest BCUT2D eigenvalue weighted by Gasteiger charge is -2.45. The van der Waals surface area contributed by atoms with Crippen LogP contribution in [0, 0.1) is 21.7 Å². The molecule has 1 saturated heterocycles. The zero-order valence-corrected chi connectivity index (χ0v) is 40.1. The van der Waals surface area contributed by atoms with Crippen LogP contribution in [0.4, 0.5) is 0 Å². The van der Waals surface area contributed by atoms with Crippen molar-refractivity contribution in [3.63, 3.8) is 0 Å². The van der Waals surface area contributed by atoms with E-state index in [0.717, 1.165) is 0 Å². The molecule has 0 spiro atoms. The predicted octanol–water partition coefficient (Wildman–Crippen LogP) is 7.17. The first-order chi connectivity index (χ1) is 32.7. The van der Waals surface area contributed by atoms with E-state index in [1.165, 1.54) is 69.6 Å². The molecular formula is C49H69N3O14. The van der Waals surface area contributed by atoms with Crippen molar-refractivity contribution in [2.24, 2.45) is 27.4 Å². The first-order valence-electron chi connectivity index (χ1n) is 24.2. The highest BCUT2D eigenvalue weighted by molar-refractivity contribution is 5.78. The normalized spacial score (nSPS) is 19.9. The van der Waals surface area contributed by atoms with Gasteiger partial charge in [0.2, 0.25) is 18.3 Å². The van der Waals surface area contributed by atoms with Gasteiger partial charge in [-0.15, -0.1) is 5.10 Å². The molecule has 0 saturated carbocycles. The number of benzene rings is 2. The van der Waals surface area contributed by atoms with Gasteiger partial charge in [-0.3, -0.25) is 28.7 Å². The van der Waals surface area contributed by atoms with Gasteiger partial charge in [0.1, 0.15) is 30.0 Å². The van der Waals surface area contributed by atoms with E-state index >= 15 is 0 Å². The summed E-state index contributed by atoms with van der Waals surface area (Å²) < 4.78 is 88.6. The zero-order valence-electron chi connectivity index (χ0n) is 44.1. The number of nitrogens with zero attached hydrogens (tertiary/aromatic N) is 2. The van der Waals surface area contributed by atoms with Gasteiger partial charge in [0, 0.05) is 35.1 Å². The lowest BCUT2D eigenvalue weighted by atomic mass is 9.93. The molecule has 1 aromatic heterocycles. The van der Waals surface area contributed by atoms with Crippen LogP contribution in [0.5, 0.6) is 23.1 Å². The minimum absolute atomic E-state index is 0.0491.